The molecular formula is C15H27NO2. The smallest absolute Gasteiger partial charge is 0.303 e. The van der Waals surface area contributed by atoms with Gasteiger partial charge in [-0.25, -0.2) is 0 Å². The summed E-state index contributed by atoms with van der Waals surface area (Å²) in [5.41, 5.74) is 0.475. The summed E-state index contributed by atoms with van der Waals surface area (Å²) >= 11 is 0. The number of hydrogen-bond acceptors (Lipinski definition) is 2. The monoisotopic (exact) mass is 253 g/mol. The normalized spacial score (nSPS) is 33.2. The number of nitrogens with zero attached hydrogens (tertiary/aromatic N) is 1. The maximum atomic E-state index is 10.8. The fourth-order valence-corrected chi connectivity index (χ4v) is 3.81. The van der Waals surface area contributed by atoms with Gasteiger partial charge in [0.25, 0.3) is 0 Å². The maximum absolute atomic E-state index is 10.8. The van der Waals surface area contributed by atoms with Gasteiger partial charge in [-0.1, -0.05) is 20.3 Å². The van der Waals surface area contributed by atoms with Crippen LogP contribution in [-0.2, 0) is 4.79 Å². The van der Waals surface area contributed by atoms with Gasteiger partial charge in [-0.3, -0.25) is 4.79 Å². The molecule has 2 unspecified atom stereocenters. The molecule has 1 N–H and O–H groups in total. The van der Waals surface area contributed by atoms with Crippen LogP contribution in [0.1, 0.15) is 58.8 Å². The number of hydrogen-bond donors (Lipinski definition) is 1. The van der Waals surface area contributed by atoms with Crippen LogP contribution in [0.4, 0.5) is 0 Å². The van der Waals surface area contributed by atoms with E-state index in [0.717, 1.165) is 13.0 Å². The maximum Gasteiger partial charge on any atom is 0.303 e. The molecule has 18 heavy (non-hydrogen) atoms. The third-order valence-corrected chi connectivity index (χ3v) is 4.71. The van der Waals surface area contributed by atoms with Gasteiger partial charge in [0.1, 0.15) is 0 Å². The van der Waals surface area contributed by atoms with E-state index in [1.54, 1.807) is 0 Å². The highest BCUT2D eigenvalue weighted by Crippen LogP contribution is 2.38. The van der Waals surface area contributed by atoms with Gasteiger partial charge in [-0.05, 0) is 50.0 Å². The average Bonchev–Trinajstić information content (AvgIpc) is 2.27. The van der Waals surface area contributed by atoms with Crippen LogP contribution in [0.2, 0.25) is 0 Å². The predicted octanol–water partition coefficient (Wildman–Crippen LogP) is 3.14. The SMILES string of the molecule is CC1(C)CCCC(N2CCCC(CC(=O)O)C2)C1. The van der Waals surface area contributed by atoms with E-state index in [2.05, 4.69) is 18.7 Å². The van der Waals surface area contributed by atoms with Gasteiger partial charge in [0, 0.05) is 19.0 Å². The van der Waals surface area contributed by atoms with Crippen molar-refractivity contribution in [2.24, 2.45) is 11.3 Å². The largest absolute Gasteiger partial charge is 0.481 e. The first-order chi connectivity index (χ1) is 8.46. The van der Waals surface area contributed by atoms with Gasteiger partial charge in [0.05, 0.1) is 0 Å². The van der Waals surface area contributed by atoms with Crippen LogP contribution in [0.15, 0.2) is 0 Å². The number of aliphatic carboxylic acids is 1. The van der Waals surface area contributed by atoms with Gasteiger partial charge < -0.3 is 10.0 Å². The van der Waals surface area contributed by atoms with E-state index >= 15 is 0 Å². The molecule has 0 aromatic carbocycles. The number of carboxylic acid groups (broad SMARTS) is 1. The van der Waals surface area contributed by atoms with Crippen molar-refractivity contribution in [2.75, 3.05) is 13.1 Å². The van der Waals surface area contributed by atoms with E-state index in [9.17, 15) is 4.79 Å². The Bertz CT molecular complexity index is 301. The molecule has 0 bridgehead atoms. The average molecular weight is 253 g/mol. The lowest BCUT2D eigenvalue weighted by Gasteiger charge is -2.44. The van der Waals surface area contributed by atoms with E-state index in [1.165, 1.54) is 38.6 Å². The summed E-state index contributed by atoms with van der Waals surface area (Å²) in [5.74, 6) is -0.257. The number of rotatable bonds is 3. The van der Waals surface area contributed by atoms with Crippen LogP contribution in [0.5, 0.6) is 0 Å². The summed E-state index contributed by atoms with van der Waals surface area (Å²) in [6.07, 6.45) is 7.89. The first kappa shape index (κ1) is 13.9. The Balaban J connectivity index is 1.90. The molecule has 0 spiro atoms. The molecule has 2 rings (SSSR count). The van der Waals surface area contributed by atoms with Gasteiger partial charge >= 0.3 is 5.97 Å². The lowest BCUT2D eigenvalue weighted by molar-refractivity contribution is -0.138. The molecule has 1 saturated carbocycles. The number of carbonyl (C=O) groups is 1. The zero-order chi connectivity index (χ0) is 13.2. The Labute approximate surface area is 111 Å². The molecule has 0 amide bonds. The fourth-order valence-electron chi connectivity index (χ4n) is 3.81. The summed E-state index contributed by atoms with van der Waals surface area (Å²) in [7, 11) is 0. The third kappa shape index (κ3) is 3.71. The molecule has 1 saturated heterocycles. The quantitative estimate of drug-likeness (QED) is 0.840. The Hall–Kier alpha value is -0.570. The molecule has 0 aromatic rings. The highest BCUT2D eigenvalue weighted by molar-refractivity contribution is 5.67. The minimum Gasteiger partial charge on any atom is -0.481 e. The Morgan fingerprint density at radius 3 is 2.78 bits per heavy atom. The summed E-state index contributed by atoms with van der Waals surface area (Å²) in [4.78, 5) is 13.4. The first-order valence-corrected chi connectivity index (χ1v) is 7.42. The summed E-state index contributed by atoms with van der Waals surface area (Å²) < 4.78 is 0. The van der Waals surface area contributed by atoms with E-state index < -0.39 is 5.97 Å². The zero-order valence-electron chi connectivity index (χ0n) is 11.8. The molecule has 2 atom stereocenters. The molecule has 2 aliphatic rings. The molecular weight excluding hydrogens is 226 g/mol. The van der Waals surface area contributed by atoms with E-state index in [4.69, 9.17) is 5.11 Å². The van der Waals surface area contributed by atoms with E-state index in [-0.39, 0.29) is 0 Å². The summed E-state index contributed by atoms with van der Waals surface area (Å²) in [6.45, 7) is 6.93. The second-order valence-corrected chi connectivity index (χ2v) is 7.02. The van der Waals surface area contributed by atoms with Crippen LogP contribution < -0.4 is 0 Å². The molecule has 1 heterocycles. The van der Waals surface area contributed by atoms with Crippen molar-refractivity contribution in [3.05, 3.63) is 0 Å². The lowest BCUT2D eigenvalue weighted by Crippen LogP contribution is -2.46. The van der Waals surface area contributed by atoms with Crippen LogP contribution in [0, 0.1) is 11.3 Å². The molecule has 1 aliphatic heterocycles. The molecule has 3 nitrogen and oxygen atoms in total. The van der Waals surface area contributed by atoms with Crippen molar-refractivity contribution in [1.82, 2.24) is 4.90 Å². The first-order valence-electron chi connectivity index (χ1n) is 7.42. The highest BCUT2D eigenvalue weighted by atomic mass is 16.4. The van der Waals surface area contributed by atoms with E-state index in [1.807, 2.05) is 0 Å². The second-order valence-electron chi connectivity index (χ2n) is 7.02. The van der Waals surface area contributed by atoms with Gasteiger partial charge in [-0.15, -0.1) is 0 Å². The van der Waals surface area contributed by atoms with Crippen molar-refractivity contribution >= 4 is 5.97 Å². The number of piperidine rings is 1. The Kier molecular flexibility index (Phi) is 4.31. The van der Waals surface area contributed by atoms with Crippen molar-refractivity contribution in [3.8, 4) is 0 Å². The third-order valence-electron chi connectivity index (χ3n) is 4.71. The van der Waals surface area contributed by atoms with Crippen molar-refractivity contribution in [3.63, 3.8) is 0 Å². The van der Waals surface area contributed by atoms with Crippen LogP contribution in [0.3, 0.4) is 0 Å². The molecule has 0 aromatic heterocycles. The Morgan fingerprint density at radius 1 is 1.33 bits per heavy atom. The number of likely N-dealkylation sites (tertiary alicyclic amines) is 1. The van der Waals surface area contributed by atoms with Crippen LogP contribution >= 0.6 is 0 Å². The zero-order valence-corrected chi connectivity index (χ0v) is 11.8. The minimum atomic E-state index is -0.633. The standard InChI is InChI=1S/C15H27NO2/c1-15(2)7-3-6-13(10-15)16-8-4-5-12(11-16)9-14(17)18/h12-13H,3-11H2,1-2H3,(H,17,18). The van der Waals surface area contributed by atoms with Crippen molar-refractivity contribution in [2.45, 2.75) is 64.8 Å². The lowest BCUT2D eigenvalue weighted by atomic mass is 9.74. The van der Waals surface area contributed by atoms with Crippen LogP contribution in [0.25, 0.3) is 0 Å². The molecule has 3 heteroatoms. The molecule has 104 valence electrons. The second kappa shape index (κ2) is 5.60. The fraction of sp³-hybridized carbons (Fsp3) is 0.933. The molecule has 0 radical (unpaired) electrons. The Morgan fingerprint density at radius 2 is 2.11 bits per heavy atom. The molecule has 2 fully saturated rings. The van der Waals surface area contributed by atoms with Crippen molar-refractivity contribution < 1.29 is 9.90 Å². The minimum absolute atomic E-state index is 0.354. The molecule has 1 aliphatic carbocycles. The van der Waals surface area contributed by atoms with Gasteiger partial charge in [-0.2, -0.15) is 0 Å². The van der Waals surface area contributed by atoms with Crippen LogP contribution in [-0.4, -0.2) is 35.1 Å². The van der Waals surface area contributed by atoms with Gasteiger partial charge in [0.15, 0.2) is 0 Å². The predicted molar refractivity (Wildman–Crippen MR) is 72.6 cm³/mol. The topological polar surface area (TPSA) is 40.5 Å². The van der Waals surface area contributed by atoms with Gasteiger partial charge in [0.2, 0.25) is 0 Å². The summed E-state index contributed by atoms with van der Waals surface area (Å²) in [5, 5.41) is 8.93. The van der Waals surface area contributed by atoms with Crippen molar-refractivity contribution in [1.29, 1.82) is 0 Å². The summed E-state index contributed by atoms with van der Waals surface area (Å²) in [6, 6.07) is 0.699. The number of carboxylic acids is 1. The highest BCUT2D eigenvalue weighted by Gasteiger charge is 2.33. The van der Waals surface area contributed by atoms with E-state index in [0.29, 0.717) is 23.8 Å².